The third-order valence-corrected chi connectivity index (χ3v) is 4.28. The first-order valence-electron chi connectivity index (χ1n) is 11.0. The van der Waals surface area contributed by atoms with Crippen molar-refractivity contribution in [1.29, 1.82) is 0 Å². The molecule has 0 unspecified atom stereocenters. The third-order valence-electron chi connectivity index (χ3n) is 4.28. The van der Waals surface area contributed by atoms with Crippen LogP contribution in [-0.2, 0) is 0 Å². The molecule has 1 atom stereocenters. The van der Waals surface area contributed by atoms with Crippen LogP contribution in [0.1, 0.15) is 73.1 Å². The van der Waals surface area contributed by atoms with Crippen LogP contribution in [0.25, 0.3) is 5.70 Å². The van der Waals surface area contributed by atoms with Crippen molar-refractivity contribution >= 4 is 11.4 Å². The van der Waals surface area contributed by atoms with Crippen molar-refractivity contribution in [3.05, 3.63) is 78.5 Å². The summed E-state index contributed by atoms with van der Waals surface area (Å²) < 4.78 is 2.09. The number of allylic oxidation sites excluding steroid dienone is 10. The van der Waals surface area contributed by atoms with E-state index in [9.17, 15) is 0 Å². The summed E-state index contributed by atoms with van der Waals surface area (Å²) in [4.78, 5) is 5.10. The van der Waals surface area contributed by atoms with E-state index in [2.05, 4.69) is 47.8 Å². The van der Waals surface area contributed by atoms with Crippen molar-refractivity contribution in [3.63, 3.8) is 0 Å². The molecule has 1 aliphatic rings. The number of fused-ring (bicyclic) bond motifs is 1. The molecule has 1 aromatic heterocycles. The lowest BCUT2D eigenvalue weighted by Gasteiger charge is -2.16. The fourth-order valence-corrected chi connectivity index (χ4v) is 3.02. The van der Waals surface area contributed by atoms with Crippen molar-refractivity contribution in [2.75, 3.05) is 0 Å². The molecule has 4 heteroatoms. The summed E-state index contributed by atoms with van der Waals surface area (Å²) in [6.45, 7) is 26.3. The number of aryl methyl sites for hydroxylation is 1. The van der Waals surface area contributed by atoms with E-state index < -0.39 is 0 Å². The Bertz CT molecular complexity index is 842. The summed E-state index contributed by atoms with van der Waals surface area (Å²) in [5, 5.41) is 8.76. The highest BCUT2D eigenvalue weighted by molar-refractivity contribution is 6.19. The molecule has 0 saturated carbocycles. The van der Waals surface area contributed by atoms with Gasteiger partial charge in [0.2, 0.25) is 0 Å². The molecule has 2 heterocycles. The molecule has 0 radical (unpaired) electrons. The predicted octanol–water partition coefficient (Wildman–Crippen LogP) is 7.45. The summed E-state index contributed by atoms with van der Waals surface area (Å²) in [5.74, 6) is 1.97. The number of hydrogen-bond acceptors (Lipinski definition) is 3. The molecule has 0 amide bonds. The normalized spacial score (nSPS) is 16.4. The Labute approximate surface area is 184 Å². The lowest BCUT2D eigenvalue weighted by molar-refractivity contribution is 0.489. The molecule has 0 bridgehead atoms. The Morgan fingerprint density at radius 1 is 1.03 bits per heavy atom. The zero-order valence-electron chi connectivity index (χ0n) is 20.4. The van der Waals surface area contributed by atoms with Gasteiger partial charge in [0.25, 0.3) is 0 Å². The van der Waals surface area contributed by atoms with E-state index in [0.717, 1.165) is 34.2 Å². The maximum atomic E-state index is 5.10. The van der Waals surface area contributed by atoms with Gasteiger partial charge in [-0.15, -0.1) is 10.2 Å². The fourth-order valence-electron chi connectivity index (χ4n) is 3.02. The monoisotopic (exact) mass is 408 g/mol. The van der Waals surface area contributed by atoms with Crippen LogP contribution in [0.5, 0.6) is 0 Å². The lowest BCUT2D eigenvalue weighted by atomic mass is 9.98. The smallest absolute Gasteiger partial charge is 0.162 e. The van der Waals surface area contributed by atoms with E-state index in [-0.39, 0.29) is 12.0 Å². The van der Waals surface area contributed by atoms with Gasteiger partial charge < -0.3 is 0 Å². The summed E-state index contributed by atoms with van der Waals surface area (Å²) in [6.07, 6.45) is 13.8. The molecule has 0 fully saturated rings. The SMILES string of the molecule is C=CC1=C(/C=C\C)n2c(C)nnc2[C@H](C(C)C)N=C1/C(C=C)=C/C=C\C.CC.CC. The van der Waals surface area contributed by atoms with Crippen LogP contribution in [-0.4, -0.2) is 20.5 Å². The van der Waals surface area contributed by atoms with Gasteiger partial charge in [-0.05, 0) is 38.3 Å². The van der Waals surface area contributed by atoms with Gasteiger partial charge in [-0.3, -0.25) is 9.56 Å². The van der Waals surface area contributed by atoms with Crippen LogP contribution in [0.3, 0.4) is 0 Å². The molecule has 2 rings (SSSR count). The predicted molar refractivity (Wildman–Crippen MR) is 134 cm³/mol. The molecule has 0 spiro atoms. The molecule has 0 aromatic carbocycles. The standard InChI is InChI=1S/C22H28N4.2C2H6/c1-8-12-14-17(10-3)21-18(11-4)19(13-9-2)26-16(7)24-25-22(26)20(23-21)15(5)6;2*1-2/h8-15,20H,3-4H2,1-2,5-7H3;2*1-2H3/b12-8-,13-9-,17-14+;;/t20-;;/m0../s1. The average molecular weight is 409 g/mol. The highest BCUT2D eigenvalue weighted by Gasteiger charge is 2.29. The summed E-state index contributed by atoms with van der Waals surface area (Å²) in [7, 11) is 0. The number of nitrogens with zero attached hydrogens (tertiary/aromatic N) is 4. The van der Waals surface area contributed by atoms with Crippen molar-refractivity contribution in [2.45, 2.75) is 68.4 Å². The summed E-state index contributed by atoms with van der Waals surface area (Å²) in [5.41, 5.74) is 3.77. The molecule has 30 heavy (non-hydrogen) atoms. The van der Waals surface area contributed by atoms with Gasteiger partial charge >= 0.3 is 0 Å². The minimum atomic E-state index is -0.0992. The van der Waals surface area contributed by atoms with E-state index in [1.807, 2.05) is 84.9 Å². The molecule has 164 valence electrons. The highest BCUT2D eigenvalue weighted by Crippen LogP contribution is 2.34. The number of rotatable bonds is 6. The molecular weight excluding hydrogens is 368 g/mol. The second kappa shape index (κ2) is 14.3. The van der Waals surface area contributed by atoms with Gasteiger partial charge in [0, 0.05) is 5.57 Å². The van der Waals surface area contributed by atoms with Gasteiger partial charge in [0.1, 0.15) is 11.9 Å². The Kier molecular flexibility index (Phi) is 13.0. The summed E-state index contributed by atoms with van der Waals surface area (Å²) in [6, 6.07) is -0.0992. The Balaban J connectivity index is 0.00000198. The lowest BCUT2D eigenvalue weighted by Crippen LogP contribution is -2.11. The zero-order chi connectivity index (χ0) is 23.3. The van der Waals surface area contributed by atoms with E-state index in [0.29, 0.717) is 0 Å². The number of hydrogen-bond donors (Lipinski definition) is 0. The minimum absolute atomic E-state index is 0.0992. The first-order chi connectivity index (χ1) is 14.5. The molecule has 1 aliphatic heterocycles. The molecule has 0 saturated heterocycles. The van der Waals surface area contributed by atoms with Crippen molar-refractivity contribution in [3.8, 4) is 0 Å². The first kappa shape index (κ1) is 27.2. The van der Waals surface area contributed by atoms with Crippen molar-refractivity contribution in [1.82, 2.24) is 14.8 Å². The van der Waals surface area contributed by atoms with E-state index in [1.54, 1.807) is 0 Å². The fraction of sp³-hybridized carbons (Fsp3) is 0.423. The minimum Gasteiger partial charge on any atom is -0.281 e. The van der Waals surface area contributed by atoms with Crippen LogP contribution in [0.4, 0.5) is 0 Å². The van der Waals surface area contributed by atoms with Gasteiger partial charge in [-0.2, -0.15) is 0 Å². The first-order valence-corrected chi connectivity index (χ1v) is 11.0. The summed E-state index contributed by atoms with van der Waals surface area (Å²) >= 11 is 0. The van der Waals surface area contributed by atoms with Gasteiger partial charge in [-0.1, -0.05) is 91.2 Å². The van der Waals surface area contributed by atoms with E-state index in [4.69, 9.17) is 4.99 Å². The molecule has 1 aromatic rings. The van der Waals surface area contributed by atoms with Crippen LogP contribution in [0.15, 0.2) is 71.8 Å². The van der Waals surface area contributed by atoms with Crippen molar-refractivity contribution in [2.24, 2.45) is 10.9 Å². The van der Waals surface area contributed by atoms with E-state index in [1.165, 1.54) is 0 Å². The van der Waals surface area contributed by atoms with E-state index >= 15 is 0 Å². The maximum absolute atomic E-state index is 5.10. The molecular formula is C26H40N4. The highest BCUT2D eigenvalue weighted by atomic mass is 15.3. The largest absolute Gasteiger partial charge is 0.281 e. The quantitative estimate of drug-likeness (QED) is 0.459. The van der Waals surface area contributed by atoms with Gasteiger partial charge in [0.15, 0.2) is 5.82 Å². The number of aromatic nitrogens is 3. The second-order valence-electron chi connectivity index (χ2n) is 6.46. The maximum Gasteiger partial charge on any atom is 0.162 e. The van der Waals surface area contributed by atoms with Crippen LogP contribution in [0.2, 0.25) is 0 Å². The average Bonchev–Trinajstić information content (AvgIpc) is 3.07. The third kappa shape index (κ3) is 6.12. The zero-order valence-corrected chi connectivity index (χ0v) is 20.4. The Morgan fingerprint density at radius 3 is 2.13 bits per heavy atom. The number of aliphatic imine (C=N–C) groups is 1. The van der Waals surface area contributed by atoms with Crippen molar-refractivity contribution < 1.29 is 0 Å². The topological polar surface area (TPSA) is 43.1 Å². The van der Waals surface area contributed by atoms with Gasteiger partial charge in [-0.25, -0.2) is 0 Å². The van der Waals surface area contributed by atoms with Crippen LogP contribution >= 0.6 is 0 Å². The van der Waals surface area contributed by atoms with Crippen LogP contribution < -0.4 is 0 Å². The second-order valence-corrected chi connectivity index (χ2v) is 6.46. The molecule has 0 aliphatic carbocycles. The van der Waals surface area contributed by atoms with Crippen LogP contribution in [0, 0.1) is 12.8 Å². The Hall–Kier alpha value is -2.75. The van der Waals surface area contributed by atoms with Gasteiger partial charge in [0.05, 0.1) is 11.4 Å². The Morgan fingerprint density at radius 2 is 1.67 bits per heavy atom. The molecule has 4 nitrogen and oxygen atoms in total. The molecule has 0 N–H and O–H groups in total.